The maximum atomic E-state index is 10.4. The third kappa shape index (κ3) is 5.40. The first-order chi connectivity index (χ1) is 6.72. The summed E-state index contributed by atoms with van der Waals surface area (Å²) in [6.07, 6.45) is 1.63. The number of halogens is 1. The highest BCUT2D eigenvalue weighted by Crippen LogP contribution is 2.07. The van der Waals surface area contributed by atoms with E-state index in [2.05, 4.69) is 0 Å². The lowest BCUT2D eigenvalue weighted by atomic mass is 10.0. The minimum atomic E-state index is -0.755. The summed E-state index contributed by atoms with van der Waals surface area (Å²) >= 11 is 0. The predicted molar refractivity (Wildman–Crippen MR) is 62.4 cm³/mol. The molecule has 0 saturated heterocycles. The fraction of sp³-hybridized carbons (Fsp3) is 0.364. The molecule has 0 unspecified atom stereocenters. The number of benzene rings is 1. The first-order valence-corrected chi connectivity index (χ1v) is 4.72. The van der Waals surface area contributed by atoms with Crippen molar-refractivity contribution in [3.63, 3.8) is 0 Å². The Labute approximate surface area is 95.7 Å². The van der Waals surface area contributed by atoms with Crippen LogP contribution in [0.15, 0.2) is 24.3 Å². The van der Waals surface area contributed by atoms with E-state index in [-0.39, 0.29) is 18.8 Å². The Morgan fingerprint density at radius 3 is 2.40 bits per heavy atom. The first-order valence-electron chi connectivity index (χ1n) is 4.72. The molecule has 0 atom stereocenters. The van der Waals surface area contributed by atoms with Gasteiger partial charge in [-0.3, -0.25) is 4.79 Å². The molecule has 1 aromatic carbocycles. The number of hydrogen-bond donors (Lipinski definition) is 2. The van der Waals surface area contributed by atoms with Gasteiger partial charge in [0.05, 0.1) is 0 Å². The van der Waals surface area contributed by atoms with E-state index in [9.17, 15) is 4.79 Å². The fourth-order valence-corrected chi connectivity index (χ4v) is 1.36. The third-order valence-electron chi connectivity index (χ3n) is 2.05. The van der Waals surface area contributed by atoms with Crippen LogP contribution in [0.25, 0.3) is 0 Å². The SMILES string of the molecule is Cl.NCCc1cccc(CCC(=O)O)c1. The summed E-state index contributed by atoms with van der Waals surface area (Å²) < 4.78 is 0. The summed E-state index contributed by atoms with van der Waals surface area (Å²) in [6.45, 7) is 0.627. The van der Waals surface area contributed by atoms with Gasteiger partial charge in [-0.15, -0.1) is 12.4 Å². The van der Waals surface area contributed by atoms with Gasteiger partial charge in [-0.05, 0) is 30.5 Å². The second-order valence-corrected chi connectivity index (χ2v) is 3.25. The van der Waals surface area contributed by atoms with E-state index in [4.69, 9.17) is 10.8 Å². The van der Waals surface area contributed by atoms with Crippen molar-refractivity contribution in [1.29, 1.82) is 0 Å². The van der Waals surface area contributed by atoms with Crippen molar-refractivity contribution in [2.45, 2.75) is 19.3 Å². The van der Waals surface area contributed by atoms with Gasteiger partial charge in [0.25, 0.3) is 0 Å². The topological polar surface area (TPSA) is 63.3 Å². The summed E-state index contributed by atoms with van der Waals surface area (Å²) in [4.78, 5) is 10.4. The Bertz CT molecular complexity index is 315. The lowest BCUT2D eigenvalue weighted by Crippen LogP contribution is -2.03. The number of nitrogens with two attached hydrogens (primary N) is 1. The van der Waals surface area contributed by atoms with Crippen LogP contribution in [-0.2, 0) is 17.6 Å². The van der Waals surface area contributed by atoms with E-state index < -0.39 is 5.97 Å². The van der Waals surface area contributed by atoms with Crippen molar-refractivity contribution in [2.24, 2.45) is 5.73 Å². The van der Waals surface area contributed by atoms with Crippen LogP contribution in [0.4, 0.5) is 0 Å². The number of aryl methyl sites for hydroxylation is 1. The number of carboxylic acid groups (broad SMARTS) is 1. The Morgan fingerprint density at radius 2 is 1.87 bits per heavy atom. The molecule has 84 valence electrons. The Morgan fingerprint density at radius 1 is 1.27 bits per heavy atom. The maximum absolute atomic E-state index is 10.4. The number of hydrogen-bond acceptors (Lipinski definition) is 2. The summed E-state index contributed by atoms with van der Waals surface area (Å²) in [5, 5.41) is 8.53. The van der Waals surface area contributed by atoms with Gasteiger partial charge in [0.1, 0.15) is 0 Å². The first kappa shape index (κ1) is 13.9. The van der Waals surface area contributed by atoms with E-state index >= 15 is 0 Å². The molecule has 0 bridgehead atoms. The third-order valence-corrected chi connectivity index (χ3v) is 2.05. The molecule has 0 fully saturated rings. The number of rotatable bonds is 5. The molecule has 0 spiro atoms. The van der Waals surface area contributed by atoms with E-state index in [1.165, 1.54) is 5.56 Å². The molecule has 0 heterocycles. The van der Waals surface area contributed by atoms with Gasteiger partial charge in [0, 0.05) is 6.42 Å². The molecule has 3 nitrogen and oxygen atoms in total. The van der Waals surface area contributed by atoms with E-state index in [0.29, 0.717) is 13.0 Å². The van der Waals surface area contributed by atoms with E-state index in [1.807, 2.05) is 24.3 Å². The monoisotopic (exact) mass is 229 g/mol. The molecule has 0 radical (unpaired) electrons. The minimum Gasteiger partial charge on any atom is -0.481 e. The molecule has 0 aliphatic rings. The highest BCUT2D eigenvalue weighted by molar-refractivity contribution is 5.85. The number of aliphatic carboxylic acids is 1. The molecular formula is C11H16ClNO2. The summed E-state index contributed by atoms with van der Waals surface area (Å²) in [5.41, 5.74) is 7.68. The molecule has 1 rings (SSSR count). The summed E-state index contributed by atoms with van der Waals surface area (Å²) in [5.74, 6) is -0.755. The van der Waals surface area contributed by atoms with Crippen LogP contribution < -0.4 is 5.73 Å². The van der Waals surface area contributed by atoms with Crippen LogP contribution in [0, 0.1) is 0 Å². The van der Waals surface area contributed by atoms with Crippen molar-refractivity contribution in [3.8, 4) is 0 Å². The highest BCUT2D eigenvalue weighted by atomic mass is 35.5. The van der Waals surface area contributed by atoms with Crippen molar-refractivity contribution in [1.82, 2.24) is 0 Å². The van der Waals surface area contributed by atoms with Gasteiger partial charge in [-0.1, -0.05) is 24.3 Å². The molecule has 0 saturated carbocycles. The Balaban J connectivity index is 0.00000196. The number of carbonyl (C=O) groups is 1. The van der Waals surface area contributed by atoms with Crippen LogP contribution in [0.3, 0.4) is 0 Å². The van der Waals surface area contributed by atoms with Crippen LogP contribution in [0.5, 0.6) is 0 Å². The zero-order chi connectivity index (χ0) is 10.4. The highest BCUT2D eigenvalue weighted by Gasteiger charge is 1.99. The van der Waals surface area contributed by atoms with Gasteiger partial charge in [0.2, 0.25) is 0 Å². The van der Waals surface area contributed by atoms with Crippen LogP contribution in [0.2, 0.25) is 0 Å². The smallest absolute Gasteiger partial charge is 0.303 e. The summed E-state index contributed by atoms with van der Waals surface area (Å²) in [7, 11) is 0. The van der Waals surface area contributed by atoms with Gasteiger partial charge in [0.15, 0.2) is 0 Å². The molecule has 0 aromatic heterocycles. The Kier molecular flexibility index (Phi) is 6.75. The molecule has 0 aliphatic heterocycles. The average Bonchev–Trinajstić information content (AvgIpc) is 2.16. The number of carboxylic acids is 1. The van der Waals surface area contributed by atoms with E-state index in [0.717, 1.165) is 12.0 Å². The average molecular weight is 230 g/mol. The zero-order valence-corrected chi connectivity index (χ0v) is 9.30. The minimum absolute atomic E-state index is 0. The molecular weight excluding hydrogens is 214 g/mol. The lowest BCUT2D eigenvalue weighted by Gasteiger charge is -2.02. The second-order valence-electron chi connectivity index (χ2n) is 3.25. The lowest BCUT2D eigenvalue weighted by molar-refractivity contribution is -0.136. The maximum Gasteiger partial charge on any atom is 0.303 e. The second kappa shape index (κ2) is 7.26. The van der Waals surface area contributed by atoms with E-state index in [1.54, 1.807) is 0 Å². The Hall–Kier alpha value is -1.06. The van der Waals surface area contributed by atoms with Crippen molar-refractivity contribution in [3.05, 3.63) is 35.4 Å². The normalized spacial score (nSPS) is 9.40. The van der Waals surface area contributed by atoms with Crippen molar-refractivity contribution < 1.29 is 9.90 Å². The quantitative estimate of drug-likeness (QED) is 0.807. The molecule has 4 heteroatoms. The summed E-state index contributed by atoms with van der Waals surface area (Å²) in [6, 6.07) is 7.93. The van der Waals surface area contributed by atoms with Crippen molar-refractivity contribution in [2.75, 3.05) is 6.54 Å². The van der Waals surface area contributed by atoms with Gasteiger partial charge >= 0.3 is 5.97 Å². The van der Waals surface area contributed by atoms with Gasteiger partial charge < -0.3 is 10.8 Å². The van der Waals surface area contributed by atoms with Gasteiger partial charge in [-0.25, -0.2) is 0 Å². The zero-order valence-electron chi connectivity index (χ0n) is 8.48. The van der Waals surface area contributed by atoms with Crippen LogP contribution in [0.1, 0.15) is 17.5 Å². The molecule has 0 amide bonds. The standard InChI is InChI=1S/C11H15NO2.ClH/c12-7-6-10-3-1-2-9(8-10)4-5-11(13)14;/h1-3,8H,4-7,12H2,(H,13,14);1H. The van der Waals surface area contributed by atoms with Gasteiger partial charge in [-0.2, -0.15) is 0 Å². The fourth-order valence-electron chi connectivity index (χ4n) is 1.36. The molecule has 0 aliphatic carbocycles. The predicted octanol–water partition coefficient (Wildman–Crippen LogP) is 1.63. The molecule has 1 aromatic rings. The van der Waals surface area contributed by atoms with Crippen molar-refractivity contribution >= 4 is 18.4 Å². The largest absolute Gasteiger partial charge is 0.481 e. The molecule has 15 heavy (non-hydrogen) atoms. The van der Waals surface area contributed by atoms with Crippen LogP contribution >= 0.6 is 12.4 Å². The molecule has 3 N–H and O–H groups in total. The van der Waals surface area contributed by atoms with Crippen LogP contribution in [-0.4, -0.2) is 17.6 Å².